The lowest BCUT2D eigenvalue weighted by molar-refractivity contribution is 0.251. The topological polar surface area (TPSA) is 3.24 Å². The number of hydrogen-bond donors (Lipinski definition) is 0. The molecule has 1 atom stereocenters. The molecule has 0 saturated carbocycles. The van der Waals surface area contributed by atoms with Gasteiger partial charge in [0.25, 0.3) is 0 Å². The molecule has 0 aliphatic carbocycles. The molecule has 0 amide bonds. The van der Waals surface area contributed by atoms with E-state index in [1.165, 1.54) is 173 Å². The second-order valence-electron chi connectivity index (χ2n) is 11.3. The normalized spacial score (nSPS) is 12.6. The summed E-state index contributed by atoms with van der Waals surface area (Å²) in [5.74, 6) is 0. The highest BCUT2D eigenvalue weighted by molar-refractivity contribution is 4.67. The number of hydrogen-bond acceptors (Lipinski definition) is 1. The van der Waals surface area contributed by atoms with Crippen molar-refractivity contribution in [1.82, 2.24) is 4.90 Å². The summed E-state index contributed by atoms with van der Waals surface area (Å²) in [6.07, 6.45) is 39.3. The Morgan fingerprint density at radius 3 is 0.758 bits per heavy atom. The van der Waals surface area contributed by atoms with E-state index in [-0.39, 0.29) is 0 Å². The van der Waals surface area contributed by atoms with Crippen molar-refractivity contribution in [2.45, 2.75) is 193 Å². The van der Waals surface area contributed by atoms with Crippen LogP contribution in [-0.2, 0) is 0 Å². The Bertz CT molecular complexity index is 337. The third-order valence-electron chi connectivity index (χ3n) is 7.76. The first kappa shape index (κ1) is 33.0. The number of unbranched alkanes of at least 4 members (excludes halogenated alkanes) is 23. The van der Waals surface area contributed by atoms with E-state index < -0.39 is 0 Å². The van der Waals surface area contributed by atoms with Crippen molar-refractivity contribution in [1.29, 1.82) is 0 Å². The fourth-order valence-electron chi connectivity index (χ4n) is 5.28. The van der Waals surface area contributed by atoms with Crippen molar-refractivity contribution < 1.29 is 0 Å². The largest absolute Gasteiger partial charge is 0.306 e. The van der Waals surface area contributed by atoms with Crippen LogP contribution >= 0.6 is 0 Å². The van der Waals surface area contributed by atoms with Gasteiger partial charge in [0.2, 0.25) is 0 Å². The molecule has 1 heteroatoms. The summed E-state index contributed by atoms with van der Waals surface area (Å²) in [5, 5.41) is 0. The molecule has 200 valence electrons. The fourth-order valence-corrected chi connectivity index (χ4v) is 5.28. The van der Waals surface area contributed by atoms with Gasteiger partial charge in [-0.05, 0) is 26.9 Å². The van der Waals surface area contributed by atoms with Gasteiger partial charge in [-0.3, -0.25) is 0 Å². The Morgan fingerprint density at radius 1 is 0.333 bits per heavy atom. The predicted octanol–water partition coefficient (Wildman–Crippen LogP) is 11.5. The molecule has 0 saturated heterocycles. The molecule has 33 heavy (non-hydrogen) atoms. The molecule has 0 aromatic heterocycles. The minimum atomic E-state index is 0.821. The van der Waals surface area contributed by atoms with Crippen LogP contribution in [0.5, 0.6) is 0 Å². The molecule has 0 bridgehead atoms. The van der Waals surface area contributed by atoms with Crippen LogP contribution in [0.1, 0.15) is 187 Å². The molecular formula is C32H67N. The first-order valence-electron chi connectivity index (χ1n) is 15.9. The maximum atomic E-state index is 2.50. The molecule has 0 aromatic carbocycles. The van der Waals surface area contributed by atoms with E-state index in [0.717, 1.165) is 6.04 Å². The standard InChI is InChI=1S/C32H67N/c1-5-7-9-11-13-15-16-17-18-19-20-21-23-25-27-29-31-32(33(3)4)30-28-26-24-22-14-12-10-8-6-2/h32H,5-31H2,1-4H3. The molecule has 1 unspecified atom stereocenters. The van der Waals surface area contributed by atoms with Gasteiger partial charge in [-0.1, -0.05) is 174 Å². The average molecular weight is 466 g/mol. The maximum Gasteiger partial charge on any atom is 0.00891 e. The second-order valence-corrected chi connectivity index (χ2v) is 11.3. The molecule has 0 radical (unpaired) electrons. The van der Waals surface area contributed by atoms with Crippen LogP contribution in [0.2, 0.25) is 0 Å². The molecule has 0 heterocycles. The maximum absolute atomic E-state index is 2.50. The van der Waals surface area contributed by atoms with Crippen molar-refractivity contribution in [2.75, 3.05) is 14.1 Å². The highest BCUT2D eigenvalue weighted by atomic mass is 15.1. The van der Waals surface area contributed by atoms with Gasteiger partial charge in [-0.15, -0.1) is 0 Å². The summed E-state index contributed by atoms with van der Waals surface area (Å²) in [7, 11) is 4.59. The third-order valence-corrected chi connectivity index (χ3v) is 7.76. The van der Waals surface area contributed by atoms with Crippen LogP contribution in [-0.4, -0.2) is 25.0 Å². The lowest BCUT2D eigenvalue weighted by Crippen LogP contribution is -2.27. The first-order chi connectivity index (χ1) is 16.2. The second kappa shape index (κ2) is 28.2. The van der Waals surface area contributed by atoms with Crippen molar-refractivity contribution in [3.63, 3.8) is 0 Å². The summed E-state index contributed by atoms with van der Waals surface area (Å²) in [5.41, 5.74) is 0. The number of nitrogens with zero attached hydrogens (tertiary/aromatic N) is 1. The van der Waals surface area contributed by atoms with Crippen LogP contribution in [0, 0.1) is 0 Å². The van der Waals surface area contributed by atoms with E-state index in [0.29, 0.717) is 0 Å². The van der Waals surface area contributed by atoms with Gasteiger partial charge in [0.1, 0.15) is 0 Å². The highest BCUT2D eigenvalue weighted by Gasteiger charge is 2.10. The van der Waals surface area contributed by atoms with Crippen molar-refractivity contribution >= 4 is 0 Å². The summed E-state index contributed by atoms with van der Waals surface area (Å²) >= 11 is 0. The minimum Gasteiger partial charge on any atom is -0.306 e. The Morgan fingerprint density at radius 2 is 0.545 bits per heavy atom. The van der Waals surface area contributed by atoms with Gasteiger partial charge < -0.3 is 4.90 Å². The first-order valence-corrected chi connectivity index (χ1v) is 15.9. The summed E-state index contributed by atoms with van der Waals surface area (Å²) in [6.45, 7) is 4.61. The molecule has 0 aromatic rings. The molecule has 0 fully saturated rings. The SMILES string of the molecule is CCCCCCCCCCCCCCCCCCC(CCCCCCCCCCC)N(C)C. The molecule has 0 spiro atoms. The van der Waals surface area contributed by atoms with Gasteiger partial charge in [0.15, 0.2) is 0 Å². The monoisotopic (exact) mass is 466 g/mol. The van der Waals surface area contributed by atoms with E-state index in [1.807, 2.05) is 0 Å². The molecular weight excluding hydrogens is 398 g/mol. The van der Waals surface area contributed by atoms with Gasteiger partial charge >= 0.3 is 0 Å². The zero-order chi connectivity index (χ0) is 24.2. The number of rotatable bonds is 28. The van der Waals surface area contributed by atoms with E-state index in [4.69, 9.17) is 0 Å². The molecule has 0 aliphatic rings. The van der Waals surface area contributed by atoms with E-state index in [1.54, 1.807) is 0 Å². The lowest BCUT2D eigenvalue weighted by Gasteiger charge is -2.24. The van der Waals surface area contributed by atoms with Crippen LogP contribution < -0.4 is 0 Å². The van der Waals surface area contributed by atoms with Crippen LogP contribution in [0.3, 0.4) is 0 Å². The van der Waals surface area contributed by atoms with Gasteiger partial charge in [-0.2, -0.15) is 0 Å². The summed E-state index contributed by atoms with van der Waals surface area (Å²) in [6, 6.07) is 0.821. The molecule has 0 N–H and O–H groups in total. The fraction of sp³-hybridized carbons (Fsp3) is 1.00. The van der Waals surface area contributed by atoms with E-state index >= 15 is 0 Å². The summed E-state index contributed by atoms with van der Waals surface area (Å²) < 4.78 is 0. The smallest absolute Gasteiger partial charge is 0.00891 e. The van der Waals surface area contributed by atoms with Crippen LogP contribution in [0.4, 0.5) is 0 Å². The zero-order valence-corrected chi connectivity index (χ0v) is 24.1. The molecule has 0 aliphatic heterocycles. The average Bonchev–Trinajstić information content (AvgIpc) is 2.81. The quantitative estimate of drug-likeness (QED) is 0.104. The Hall–Kier alpha value is -0.0400. The van der Waals surface area contributed by atoms with Gasteiger partial charge in [-0.25, -0.2) is 0 Å². The Labute approximate surface area is 212 Å². The lowest BCUT2D eigenvalue weighted by atomic mass is 9.99. The molecule has 0 rings (SSSR count). The Kier molecular flexibility index (Phi) is 28.2. The minimum absolute atomic E-state index is 0.821. The van der Waals surface area contributed by atoms with Gasteiger partial charge in [0.05, 0.1) is 0 Å². The van der Waals surface area contributed by atoms with E-state index in [9.17, 15) is 0 Å². The van der Waals surface area contributed by atoms with Crippen LogP contribution in [0.25, 0.3) is 0 Å². The van der Waals surface area contributed by atoms with Gasteiger partial charge in [0, 0.05) is 6.04 Å². The Balaban J connectivity index is 3.37. The van der Waals surface area contributed by atoms with Crippen molar-refractivity contribution in [3.05, 3.63) is 0 Å². The predicted molar refractivity (Wildman–Crippen MR) is 153 cm³/mol. The van der Waals surface area contributed by atoms with Crippen LogP contribution in [0.15, 0.2) is 0 Å². The molecule has 1 nitrogen and oxygen atoms in total. The third kappa shape index (κ3) is 26.4. The highest BCUT2D eigenvalue weighted by Crippen LogP contribution is 2.18. The zero-order valence-electron chi connectivity index (χ0n) is 24.1. The van der Waals surface area contributed by atoms with Crippen molar-refractivity contribution in [3.8, 4) is 0 Å². The van der Waals surface area contributed by atoms with E-state index in [2.05, 4.69) is 32.8 Å². The van der Waals surface area contributed by atoms with Crippen molar-refractivity contribution in [2.24, 2.45) is 0 Å². The summed E-state index contributed by atoms with van der Waals surface area (Å²) in [4.78, 5) is 2.50.